The monoisotopic (exact) mass is 446 g/mol. The number of benzene rings is 1. The van der Waals surface area contributed by atoms with Crippen LogP contribution in [-0.2, 0) is 0 Å². The maximum atomic E-state index is 11.1. The van der Waals surface area contributed by atoms with Crippen molar-refractivity contribution in [2.45, 2.75) is 30.7 Å². The largest absolute Gasteiger partial charge is 0.507 e. The van der Waals surface area contributed by atoms with Crippen molar-refractivity contribution >= 4 is 29.5 Å². The number of aliphatic hydroxyl groups excluding tert-OH is 2. The lowest BCUT2D eigenvalue weighted by Crippen LogP contribution is -2.53. The van der Waals surface area contributed by atoms with Crippen molar-refractivity contribution in [3.8, 4) is 5.75 Å². The lowest BCUT2D eigenvalue weighted by molar-refractivity contribution is 0.0572. The Labute approximate surface area is 183 Å². The van der Waals surface area contributed by atoms with Crippen LogP contribution in [0.5, 0.6) is 5.75 Å². The molecule has 2 saturated heterocycles. The molecule has 0 radical (unpaired) electrons. The Morgan fingerprint density at radius 3 is 2.06 bits per heavy atom. The van der Waals surface area contributed by atoms with Crippen molar-refractivity contribution in [3.05, 3.63) is 23.8 Å². The van der Waals surface area contributed by atoms with E-state index >= 15 is 0 Å². The van der Waals surface area contributed by atoms with Crippen molar-refractivity contribution in [1.82, 2.24) is 15.0 Å². The lowest BCUT2D eigenvalue weighted by atomic mass is 10.0. The summed E-state index contributed by atoms with van der Waals surface area (Å²) in [5, 5.41) is 41.8. The van der Waals surface area contributed by atoms with E-state index in [2.05, 4.69) is 20.3 Å². The number of hydrogen-bond acceptors (Lipinski definition) is 12. The van der Waals surface area contributed by atoms with Gasteiger partial charge in [-0.1, -0.05) is 0 Å². The third kappa shape index (κ3) is 4.65. The van der Waals surface area contributed by atoms with Crippen LogP contribution < -0.4 is 26.6 Å². The summed E-state index contributed by atoms with van der Waals surface area (Å²) >= 11 is 0. The van der Waals surface area contributed by atoms with Crippen molar-refractivity contribution in [2.75, 3.05) is 41.3 Å². The van der Waals surface area contributed by atoms with Crippen molar-refractivity contribution in [1.29, 1.82) is 0 Å². The molecule has 0 spiro atoms. The molecule has 0 aliphatic carbocycles. The number of aromatic nitrogens is 3. The van der Waals surface area contributed by atoms with Crippen LogP contribution in [0.2, 0.25) is 0 Å². The fourth-order valence-electron chi connectivity index (χ4n) is 3.89. The minimum atomic E-state index is -1.25. The number of rotatable bonds is 5. The second kappa shape index (κ2) is 8.70. The molecule has 0 amide bonds. The topological polar surface area (TPSA) is 207 Å². The summed E-state index contributed by atoms with van der Waals surface area (Å²) in [6.07, 6.45) is -1.17. The first-order valence-corrected chi connectivity index (χ1v) is 10.2. The summed E-state index contributed by atoms with van der Waals surface area (Å²) in [5.41, 5.74) is 12.3. The zero-order chi connectivity index (χ0) is 23.0. The second-order valence-corrected chi connectivity index (χ2v) is 8.12. The van der Waals surface area contributed by atoms with Gasteiger partial charge in [0.15, 0.2) is 0 Å². The molecule has 4 rings (SSSR count). The van der Waals surface area contributed by atoms with E-state index < -0.39 is 23.9 Å². The maximum Gasteiger partial charge on any atom is 0.339 e. The molecule has 0 saturated carbocycles. The predicted molar refractivity (Wildman–Crippen MR) is 115 cm³/mol. The van der Waals surface area contributed by atoms with Crippen LogP contribution in [-0.4, -0.2) is 91.8 Å². The quantitative estimate of drug-likeness (QED) is 0.277. The van der Waals surface area contributed by atoms with E-state index in [1.165, 1.54) is 18.2 Å². The molecule has 3 heterocycles. The zero-order valence-corrected chi connectivity index (χ0v) is 17.2. The summed E-state index contributed by atoms with van der Waals surface area (Å²) in [5.74, 6) is -0.952. The Kier molecular flexibility index (Phi) is 5.97. The molecule has 32 heavy (non-hydrogen) atoms. The number of hydrogen-bond donors (Lipinski definition) is 7. The number of aliphatic hydroxyl groups is 2. The smallest absolute Gasteiger partial charge is 0.339 e. The van der Waals surface area contributed by atoms with E-state index in [4.69, 9.17) is 16.6 Å². The molecule has 2 aliphatic heterocycles. The second-order valence-electron chi connectivity index (χ2n) is 8.12. The van der Waals surface area contributed by atoms with Gasteiger partial charge in [-0.25, -0.2) is 4.79 Å². The van der Waals surface area contributed by atoms with E-state index in [1.54, 1.807) is 4.90 Å². The normalized spacial score (nSPS) is 25.8. The highest BCUT2D eigenvalue weighted by atomic mass is 16.4. The summed E-state index contributed by atoms with van der Waals surface area (Å²) in [6, 6.07) is 3.70. The van der Waals surface area contributed by atoms with Crippen molar-refractivity contribution in [3.63, 3.8) is 0 Å². The SMILES string of the molecule is N[C@@H]1C[C@H](N)CN(c2nc(Nc3ccc(C(=O)O)c(O)c3)nc(N3C[C@@H](O)[C@@H](O)C3)n2)C1. The van der Waals surface area contributed by atoms with Crippen molar-refractivity contribution in [2.24, 2.45) is 11.5 Å². The van der Waals surface area contributed by atoms with E-state index in [1.807, 2.05) is 4.90 Å². The number of nitrogens with zero attached hydrogens (tertiary/aromatic N) is 5. The van der Waals surface area contributed by atoms with Gasteiger partial charge in [-0.2, -0.15) is 15.0 Å². The number of nitrogens with one attached hydrogen (secondary N) is 1. The standard InChI is InChI=1S/C19H26N8O5/c20-9-3-10(21)6-26(5-9)18-23-17(22-11-1-2-12(16(31)32)13(28)4-11)24-19(25-18)27-7-14(29)15(30)8-27/h1-2,4,9-10,14-15,28-30H,3,5-8,20-21H2,(H,31,32)(H,22,23,24,25)/t9-,10+,14-,15+. The van der Waals surface area contributed by atoms with Crippen molar-refractivity contribution < 1.29 is 25.2 Å². The van der Waals surface area contributed by atoms with Gasteiger partial charge in [-0.3, -0.25) is 0 Å². The van der Waals surface area contributed by atoms with Crippen LogP contribution in [0.3, 0.4) is 0 Å². The Hall–Kier alpha value is -3.26. The number of piperidine rings is 1. The molecule has 1 aromatic heterocycles. The van der Waals surface area contributed by atoms with E-state index in [9.17, 15) is 20.1 Å². The van der Waals surface area contributed by atoms with Gasteiger partial charge in [-0.15, -0.1) is 0 Å². The average Bonchev–Trinajstić information content (AvgIpc) is 3.05. The Morgan fingerprint density at radius 2 is 1.53 bits per heavy atom. The molecule has 13 heteroatoms. The van der Waals surface area contributed by atoms with Crippen LogP contribution in [0, 0.1) is 0 Å². The first kappa shape index (κ1) is 22.0. The first-order valence-electron chi connectivity index (χ1n) is 10.2. The molecule has 2 aromatic rings. The maximum absolute atomic E-state index is 11.1. The minimum Gasteiger partial charge on any atom is -0.507 e. The molecular formula is C19H26N8O5. The van der Waals surface area contributed by atoms with Gasteiger partial charge >= 0.3 is 5.97 Å². The van der Waals surface area contributed by atoms with Crippen LogP contribution in [0.25, 0.3) is 0 Å². The minimum absolute atomic E-state index is 0.135. The molecule has 13 nitrogen and oxygen atoms in total. The number of carboxylic acids is 1. The van der Waals surface area contributed by atoms with Gasteiger partial charge in [0.05, 0.1) is 12.2 Å². The molecular weight excluding hydrogens is 420 g/mol. The molecule has 2 aliphatic rings. The first-order chi connectivity index (χ1) is 15.2. The summed E-state index contributed by atoms with van der Waals surface area (Å²) in [7, 11) is 0. The lowest BCUT2D eigenvalue weighted by Gasteiger charge is -2.35. The third-order valence-corrected chi connectivity index (χ3v) is 5.44. The van der Waals surface area contributed by atoms with Crippen LogP contribution in [0.15, 0.2) is 18.2 Å². The zero-order valence-electron chi connectivity index (χ0n) is 17.2. The number of phenols is 1. The van der Waals surface area contributed by atoms with Gasteiger partial charge in [0.2, 0.25) is 17.8 Å². The van der Waals surface area contributed by atoms with Gasteiger partial charge in [0.25, 0.3) is 0 Å². The van der Waals surface area contributed by atoms with Gasteiger partial charge in [0, 0.05) is 50.0 Å². The third-order valence-electron chi connectivity index (χ3n) is 5.44. The number of anilines is 4. The summed E-state index contributed by atoms with van der Waals surface area (Å²) < 4.78 is 0. The van der Waals surface area contributed by atoms with Gasteiger partial charge in [0.1, 0.15) is 11.3 Å². The van der Waals surface area contributed by atoms with E-state index in [0.29, 0.717) is 31.1 Å². The Balaban J connectivity index is 1.67. The molecule has 9 N–H and O–H groups in total. The number of aromatic hydroxyl groups is 1. The van der Waals surface area contributed by atoms with Crippen LogP contribution in [0.1, 0.15) is 16.8 Å². The average molecular weight is 446 g/mol. The fourth-order valence-corrected chi connectivity index (χ4v) is 3.89. The number of nitrogens with two attached hydrogens (primary N) is 2. The molecule has 0 bridgehead atoms. The summed E-state index contributed by atoms with van der Waals surface area (Å²) in [6.45, 7) is 1.29. The van der Waals surface area contributed by atoms with E-state index in [-0.39, 0.29) is 42.6 Å². The van der Waals surface area contributed by atoms with Crippen LogP contribution in [0.4, 0.5) is 23.5 Å². The Bertz CT molecular complexity index is 988. The fraction of sp³-hybridized carbons (Fsp3) is 0.474. The number of carboxylic acid groups (broad SMARTS) is 1. The molecule has 2 fully saturated rings. The predicted octanol–water partition coefficient (Wildman–Crippen LogP) is -1.57. The number of carbonyl (C=O) groups is 1. The highest BCUT2D eigenvalue weighted by Gasteiger charge is 2.32. The molecule has 0 unspecified atom stereocenters. The highest BCUT2D eigenvalue weighted by Crippen LogP contribution is 2.27. The molecule has 1 aromatic carbocycles. The highest BCUT2D eigenvalue weighted by molar-refractivity contribution is 5.91. The van der Waals surface area contributed by atoms with Crippen LogP contribution >= 0.6 is 0 Å². The van der Waals surface area contributed by atoms with Gasteiger partial charge < -0.3 is 47.0 Å². The van der Waals surface area contributed by atoms with Gasteiger partial charge in [-0.05, 0) is 18.6 Å². The molecule has 172 valence electrons. The number of aromatic carboxylic acids is 1. The number of β-amino-alcohol motifs (C(OH)–C–C–N with tert-alkyl or cyclic N) is 2. The summed E-state index contributed by atoms with van der Waals surface area (Å²) in [4.78, 5) is 27.9. The van der Waals surface area contributed by atoms with E-state index in [0.717, 1.165) is 0 Å². The Morgan fingerprint density at radius 1 is 0.969 bits per heavy atom. The molecule has 4 atom stereocenters.